The van der Waals surface area contributed by atoms with Crippen LogP contribution in [0.3, 0.4) is 0 Å². The van der Waals surface area contributed by atoms with E-state index in [2.05, 4.69) is 15.3 Å². The van der Waals surface area contributed by atoms with Crippen molar-refractivity contribution in [2.24, 2.45) is 0 Å². The van der Waals surface area contributed by atoms with Gasteiger partial charge in [0.25, 0.3) is 0 Å². The maximum absolute atomic E-state index is 13.1. The third-order valence-electron chi connectivity index (χ3n) is 3.36. The van der Waals surface area contributed by atoms with Crippen molar-refractivity contribution in [3.8, 4) is 0 Å². The fraction of sp³-hybridized carbons (Fsp3) is 0.385. The van der Waals surface area contributed by atoms with Crippen molar-refractivity contribution in [3.05, 3.63) is 36.0 Å². The first-order chi connectivity index (χ1) is 8.34. The van der Waals surface area contributed by atoms with Gasteiger partial charge in [-0.15, -0.1) is 0 Å². The summed E-state index contributed by atoms with van der Waals surface area (Å²) in [6.45, 7) is 2.05. The van der Waals surface area contributed by atoms with Crippen molar-refractivity contribution in [1.82, 2.24) is 15.3 Å². The van der Waals surface area contributed by atoms with Crippen LogP contribution in [0.15, 0.2) is 24.5 Å². The predicted molar refractivity (Wildman–Crippen MR) is 64.3 cm³/mol. The van der Waals surface area contributed by atoms with E-state index in [4.69, 9.17) is 0 Å². The lowest BCUT2D eigenvalue weighted by Crippen LogP contribution is -2.27. The molecule has 1 saturated heterocycles. The maximum Gasteiger partial charge on any atom is 0.125 e. The number of nitrogens with zero attached hydrogens (tertiary/aromatic N) is 2. The van der Waals surface area contributed by atoms with Crippen LogP contribution in [0, 0.1) is 5.82 Å². The van der Waals surface area contributed by atoms with Crippen LogP contribution < -0.4 is 5.32 Å². The number of hydrogen-bond donors (Lipinski definition) is 1. The third-order valence-corrected chi connectivity index (χ3v) is 3.36. The third kappa shape index (κ3) is 2.00. The topological polar surface area (TPSA) is 37.8 Å². The molecule has 1 fully saturated rings. The van der Waals surface area contributed by atoms with Gasteiger partial charge in [0.05, 0.1) is 11.2 Å². The molecule has 17 heavy (non-hydrogen) atoms. The van der Waals surface area contributed by atoms with E-state index in [9.17, 15) is 4.39 Å². The molecule has 0 saturated carbocycles. The fourth-order valence-electron chi connectivity index (χ4n) is 2.47. The minimum Gasteiger partial charge on any atom is -0.317 e. The summed E-state index contributed by atoms with van der Waals surface area (Å²) < 4.78 is 13.1. The Morgan fingerprint density at radius 3 is 2.82 bits per heavy atom. The van der Waals surface area contributed by atoms with Gasteiger partial charge in [0.2, 0.25) is 0 Å². The Morgan fingerprint density at radius 2 is 2.00 bits per heavy atom. The van der Waals surface area contributed by atoms with Gasteiger partial charge in [-0.05, 0) is 38.1 Å². The van der Waals surface area contributed by atoms with Gasteiger partial charge in [0.15, 0.2) is 0 Å². The smallest absolute Gasteiger partial charge is 0.125 e. The molecule has 4 heteroatoms. The normalized spacial score (nSPS) is 17.5. The molecule has 1 aromatic heterocycles. The van der Waals surface area contributed by atoms with Crippen LogP contribution in [-0.2, 0) is 0 Å². The molecule has 0 unspecified atom stereocenters. The second-order valence-corrected chi connectivity index (χ2v) is 4.44. The van der Waals surface area contributed by atoms with E-state index in [0.717, 1.165) is 37.0 Å². The van der Waals surface area contributed by atoms with Gasteiger partial charge < -0.3 is 5.32 Å². The lowest BCUT2D eigenvalue weighted by molar-refractivity contribution is 0.455. The summed E-state index contributed by atoms with van der Waals surface area (Å²) in [5, 5.41) is 4.33. The molecule has 1 aliphatic heterocycles. The number of benzene rings is 1. The average Bonchev–Trinajstić information content (AvgIpc) is 2.39. The van der Waals surface area contributed by atoms with Crippen LogP contribution in [0.4, 0.5) is 4.39 Å². The Morgan fingerprint density at radius 1 is 1.18 bits per heavy atom. The zero-order chi connectivity index (χ0) is 11.7. The molecule has 0 aliphatic carbocycles. The lowest BCUT2D eigenvalue weighted by atomic mass is 9.92. The highest BCUT2D eigenvalue weighted by molar-refractivity contribution is 5.81. The van der Waals surface area contributed by atoms with E-state index in [0.29, 0.717) is 11.4 Å². The summed E-state index contributed by atoms with van der Waals surface area (Å²) in [6, 6.07) is 4.75. The van der Waals surface area contributed by atoms with Gasteiger partial charge in [-0.3, -0.25) is 0 Å². The average molecular weight is 231 g/mol. The van der Waals surface area contributed by atoms with Crippen molar-refractivity contribution < 1.29 is 4.39 Å². The molecule has 0 atom stereocenters. The molecule has 1 aliphatic rings. The second-order valence-electron chi connectivity index (χ2n) is 4.44. The summed E-state index contributed by atoms with van der Waals surface area (Å²) in [7, 11) is 0. The van der Waals surface area contributed by atoms with Crippen LogP contribution >= 0.6 is 0 Å². The standard InChI is InChI=1S/C13H14FN3/c14-10-1-2-11-12(7-10)16-8-17-13(11)9-3-5-15-6-4-9/h1-2,7-9,15H,3-6H2. The van der Waals surface area contributed by atoms with Crippen molar-refractivity contribution in [1.29, 1.82) is 0 Å². The van der Waals surface area contributed by atoms with Crippen LogP contribution in [-0.4, -0.2) is 23.1 Å². The highest BCUT2D eigenvalue weighted by Crippen LogP contribution is 2.28. The first-order valence-electron chi connectivity index (χ1n) is 5.95. The number of halogens is 1. The van der Waals surface area contributed by atoms with Gasteiger partial charge in [-0.2, -0.15) is 0 Å². The van der Waals surface area contributed by atoms with Gasteiger partial charge in [0, 0.05) is 17.4 Å². The van der Waals surface area contributed by atoms with Crippen LogP contribution in [0.1, 0.15) is 24.5 Å². The predicted octanol–water partition coefficient (Wildman–Crippen LogP) is 2.24. The maximum atomic E-state index is 13.1. The molecule has 1 aromatic carbocycles. The number of fused-ring (bicyclic) bond motifs is 1. The fourth-order valence-corrected chi connectivity index (χ4v) is 2.47. The molecule has 0 bridgehead atoms. The van der Waals surface area contributed by atoms with E-state index in [1.54, 1.807) is 12.4 Å². The van der Waals surface area contributed by atoms with Crippen LogP contribution in [0.5, 0.6) is 0 Å². The van der Waals surface area contributed by atoms with Crippen molar-refractivity contribution >= 4 is 10.9 Å². The first-order valence-corrected chi connectivity index (χ1v) is 5.95. The molecular weight excluding hydrogens is 217 g/mol. The van der Waals surface area contributed by atoms with Crippen molar-refractivity contribution in [2.45, 2.75) is 18.8 Å². The van der Waals surface area contributed by atoms with Gasteiger partial charge in [-0.25, -0.2) is 14.4 Å². The zero-order valence-electron chi connectivity index (χ0n) is 9.49. The number of nitrogens with one attached hydrogen (secondary N) is 1. The molecule has 3 nitrogen and oxygen atoms in total. The summed E-state index contributed by atoms with van der Waals surface area (Å²) in [6.07, 6.45) is 3.71. The van der Waals surface area contributed by atoms with Crippen LogP contribution in [0.2, 0.25) is 0 Å². The molecule has 2 aromatic rings. The van der Waals surface area contributed by atoms with E-state index >= 15 is 0 Å². The largest absolute Gasteiger partial charge is 0.317 e. The summed E-state index contributed by atoms with van der Waals surface area (Å²) >= 11 is 0. The molecule has 0 amide bonds. The number of aromatic nitrogens is 2. The highest BCUT2D eigenvalue weighted by Gasteiger charge is 2.18. The Kier molecular flexibility index (Phi) is 2.73. The number of rotatable bonds is 1. The number of piperidine rings is 1. The zero-order valence-corrected chi connectivity index (χ0v) is 9.49. The van der Waals surface area contributed by atoms with Gasteiger partial charge in [-0.1, -0.05) is 0 Å². The minimum atomic E-state index is -0.243. The summed E-state index contributed by atoms with van der Waals surface area (Å²) in [5.41, 5.74) is 1.77. The summed E-state index contributed by atoms with van der Waals surface area (Å²) in [4.78, 5) is 8.53. The minimum absolute atomic E-state index is 0.243. The van der Waals surface area contributed by atoms with Gasteiger partial charge >= 0.3 is 0 Å². The summed E-state index contributed by atoms with van der Waals surface area (Å²) in [5.74, 6) is 0.222. The monoisotopic (exact) mass is 231 g/mol. The van der Waals surface area contributed by atoms with E-state index in [-0.39, 0.29) is 5.82 Å². The van der Waals surface area contributed by atoms with E-state index in [1.165, 1.54) is 12.1 Å². The second kappa shape index (κ2) is 4.37. The Labute approximate surface area is 99.1 Å². The lowest BCUT2D eigenvalue weighted by Gasteiger charge is -2.22. The van der Waals surface area contributed by atoms with E-state index < -0.39 is 0 Å². The Balaban J connectivity index is 2.09. The SMILES string of the molecule is Fc1ccc2c(C3CCNCC3)ncnc2c1. The molecule has 0 spiro atoms. The molecular formula is C13H14FN3. The number of hydrogen-bond acceptors (Lipinski definition) is 3. The molecule has 3 rings (SSSR count). The van der Waals surface area contributed by atoms with Gasteiger partial charge in [0.1, 0.15) is 12.1 Å². The molecule has 2 heterocycles. The van der Waals surface area contributed by atoms with Crippen molar-refractivity contribution in [3.63, 3.8) is 0 Å². The molecule has 88 valence electrons. The highest BCUT2D eigenvalue weighted by atomic mass is 19.1. The first kappa shape index (κ1) is 10.6. The molecule has 1 N–H and O–H groups in total. The Bertz CT molecular complexity index is 535. The van der Waals surface area contributed by atoms with Crippen molar-refractivity contribution in [2.75, 3.05) is 13.1 Å². The van der Waals surface area contributed by atoms with E-state index in [1.807, 2.05) is 0 Å². The Hall–Kier alpha value is -1.55. The van der Waals surface area contributed by atoms with Crippen LogP contribution in [0.25, 0.3) is 10.9 Å². The quantitative estimate of drug-likeness (QED) is 0.818. The molecule has 0 radical (unpaired) electrons.